The van der Waals surface area contributed by atoms with Crippen LogP contribution in [0, 0.1) is 13.0 Å². The van der Waals surface area contributed by atoms with E-state index in [2.05, 4.69) is 4.74 Å². The number of carbonyl (C=O) groups excluding carboxylic acids is 1. The highest BCUT2D eigenvalue weighted by Crippen LogP contribution is 2.27. The number of nitrogen functional groups attached to an aromatic ring is 1. The van der Waals surface area contributed by atoms with Crippen molar-refractivity contribution in [2.24, 2.45) is 0 Å². The van der Waals surface area contributed by atoms with Crippen LogP contribution in [-0.4, -0.2) is 13.1 Å². The summed E-state index contributed by atoms with van der Waals surface area (Å²) >= 11 is 3.69. The van der Waals surface area contributed by atoms with Gasteiger partial charge in [0.1, 0.15) is 0 Å². The van der Waals surface area contributed by atoms with Crippen LogP contribution in [0.3, 0.4) is 0 Å². The third kappa shape index (κ3) is 2.10. The Bertz CT molecular complexity index is 395. The molecule has 0 spiro atoms. The molecule has 0 unspecified atom stereocenters. The SMILES string of the molecule is COC(=O)c1cc(I)c(N)c(I)c1F. The number of anilines is 1. The first kappa shape index (κ1) is 12.0. The maximum Gasteiger partial charge on any atom is 0.340 e. The van der Waals surface area contributed by atoms with E-state index < -0.39 is 11.8 Å². The zero-order valence-corrected chi connectivity index (χ0v) is 11.4. The van der Waals surface area contributed by atoms with E-state index in [9.17, 15) is 9.18 Å². The summed E-state index contributed by atoms with van der Waals surface area (Å²) in [6.45, 7) is 0. The minimum Gasteiger partial charge on any atom is -0.465 e. The molecule has 3 nitrogen and oxygen atoms in total. The molecule has 76 valence electrons. The van der Waals surface area contributed by atoms with Gasteiger partial charge in [0, 0.05) is 3.57 Å². The fourth-order valence-electron chi connectivity index (χ4n) is 0.868. The number of esters is 1. The maximum atomic E-state index is 13.5. The first-order valence-electron chi connectivity index (χ1n) is 3.50. The number of halogens is 3. The number of ether oxygens (including phenoxy) is 1. The molecule has 1 rings (SSSR count). The molecule has 1 aromatic rings. The van der Waals surface area contributed by atoms with Gasteiger partial charge in [-0.2, -0.15) is 0 Å². The fourth-order valence-corrected chi connectivity index (χ4v) is 2.55. The lowest BCUT2D eigenvalue weighted by Gasteiger charge is -2.07. The lowest BCUT2D eigenvalue weighted by atomic mass is 10.2. The maximum absolute atomic E-state index is 13.5. The van der Waals surface area contributed by atoms with Crippen LogP contribution in [0.2, 0.25) is 0 Å². The van der Waals surface area contributed by atoms with E-state index in [1.807, 2.05) is 22.6 Å². The fraction of sp³-hybridized carbons (Fsp3) is 0.125. The summed E-state index contributed by atoms with van der Waals surface area (Å²) in [5.41, 5.74) is 5.84. The van der Waals surface area contributed by atoms with Crippen LogP contribution in [0.1, 0.15) is 10.4 Å². The van der Waals surface area contributed by atoms with E-state index >= 15 is 0 Å². The lowest BCUT2D eigenvalue weighted by Crippen LogP contribution is -2.08. The minimum absolute atomic E-state index is 0.0875. The second-order valence-corrected chi connectivity index (χ2v) is 4.68. The Morgan fingerprint density at radius 1 is 1.57 bits per heavy atom. The van der Waals surface area contributed by atoms with E-state index in [1.165, 1.54) is 13.2 Å². The molecule has 0 fully saturated rings. The molecule has 0 aliphatic carbocycles. The van der Waals surface area contributed by atoms with Gasteiger partial charge in [-0.3, -0.25) is 0 Å². The van der Waals surface area contributed by atoms with E-state index in [0.29, 0.717) is 9.26 Å². The number of nitrogens with two attached hydrogens (primary N) is 1. The van der Waals surface area contributed by atoms with Gasteiger partial charge in [0.2, 0.25) is 0 Å². The monoisotopic (exact) mass is 421 g/mol. The number of hydrogen-bond donors (Lipinski definition) is 1. The normalized spacial score (nSPS) is 10.0. The Hall–Kier alpha value is -0.120. The summed E-state index contributed by atoms with van der Waals surface area (Å²) in [5.74, 6) is -1.33. The average Bonchev–Trinajstić information content (AvgIpc) is 2.19. The first-order valence-corrected chi connectivity index (χ1v) is 5.66. The van der Waals surface area contributed by atoms with Gasteiger partial charge in [0.05, 0.1) is 21.9 Å². The topological polar surface area (TPSA) is 52.3 Å². The Balaban J connectivity index is 3.40. The van der Waals surface area contributed by atoms with Crippen LogP contribution in [0.5, 0.6) is 0 Å². The molecular weight excluding hydrogens is 415 g/mol. The van der Waals surface area contributed by atoms with Crippen molar-refractivity contribution in [1.82, 2.24) is 0 Å². The molecule has 1 aromatic carbocycles. The summed E-state index contributed by atoms with van der Waals surface area (Å²) < 4.78 is 18.8. The molecule has 2 N–H and O–H groups in total. The Morgan fingerprint density at radius 2 is 2.14 bits per heavy atom. The molecule has 0 aromatic heterocycles. The highest BCUT2D eigenvalue weighted by Gasteiger charge is 2.18. The van der Waals surface area contributed by atoms with Crippen molar-refractivity contribution < 1.29 is 13.9 Å². The molecule has 14 heavy (non-hydrogen) atoms. The second-order valence-electron chi connectivity index (χ2n) is 2.44. The van der Waals surface area contributed by atoms with E-state index in [1.54, 1.807) is 22.6 Å². The number of rotatable bonds is 1. The summed E-state index contributed by atoms with van der Waals surface area (Å²) in [6.07, 6.45) is 0. The molecule has 0 aliphatic rings. The third-order valence-corrected chi connectivity index (χ3v) is 3.55. The molecule has 0 saturated carbocycles. The van der Waals surface area contributed by atoms with Crippen LogP contribution in [0.4, 0.5) is 10.1 Å². The molecule has 6 heteroatoms. The summed E-state index contributed by atoms with van der Waals surface area (Å²) in [6, 6.07) is 1.37. The van der Waals surface area contributed by atoms with Gasteiger partial charge >= 0.3 is 5.97 Å². The summed E-state index contributed by atoms with van der Waals surface area (Å²) in [4.78, 5) is 11.1. The molecule has 0 bridgehead atoms. The minimum atomic E-state index is -0.696. The summed E-state index contributed by atoms with van der Waals surface area (Å²) in [5, 5.41) is 0. The molecule has 0 atom stereocenters. The quantitative estimate of drug-likeness (QED) is 0.328. The molecule has 0 saturated heterocycles. The van der Waals surface area contributed by atoms with Crippen LogP contribution >= 0.6 is 45.2 Å². The number of carbonyl (C=O) groups is 1. The molecule has 0 heterocycles. The lowest BCUT2D eigenvalue weighted by molar-refractivity contribution is 0.0595. The zero-order valence-electron chi connectivity index (χ0n) is 7.11. The molecule has 0 aliphatic heterocycles. The highest BCUT2D eigenvalue weighted by atomic mass is 127. The molecule has 0 amide bonds. The standard InChI is InChI=1S/C8H6FI2NO2/c1-14-8(13)3-2-4(10)7(12)6(11)5(3)9/h2H,12H2,1H3. The van der Waals surface area contributed by atoms with Crippen molar-refractivity contribution >= 4 is 56.8 Å². The Labute approximate surface area is 107 Å². The third-order valence-electron chi connectivity index (χ3n) is 1.60. The van der Waals surface area contributed by atoms with Gasteiger partial charge in [-0.05, 0) is 51.2 Å². The number of benzene rings is 1. The highest BCUT2D eigenvalue weighted by molar-refractivity contribution is 14.1. The van der Waals surface area contributed by atoms with Crippen molar-refractivity contribution in [1.29, 1.82) is 0 Å². The van der Waals surface area contributed by atoms with E-state index in [4.69, 9.17) is 5.73 Å². The van der Waals surface area contributed by atoms with Gasteiger partial charge in [-0.1, -0.05) is 0 Å². The largest absolute Gasteiger partial charge is 0.465 e. The van der Waals surface area contributed by atoms with Crippen molar-refractivity contribution in [2.45, 2.75) is 0 Å². The molecule has 0 radical (unpaired) electrons. The van der Waals surface area contributed by atoms with Crippen molar-refractivity contribution in [3.05, 3.63) is 24.6 Å². The average molecular weight is 421 g/mol. The van der Waals surface area contributed by atoms with Crippen LogP contribution < -0.4 is 5.73 Å². The molecular formula is C8H6FI2NO2. The predicted molar refractivity (Wildman–Crippen MR) is 67.6 cm³/mol. The predicted octanol–water partition coefficient (Wildman–Crippen LogP) is 2.40. The second kappa shape index (κ2) is 4.60. The van der Waals surface area contributed by atoms with Gasteiger partial charge in [-0.15, -0.1) is 0 Å². The van der Waals surface area contributed by atoms with Crippen molar-refractivity contribution in [2.75, 3.05) is 12.8 Å². The van der Waals surface area contributed by atoms with Crippen LogP contribution in [0.25, 0.3) is 0 Å². The zero-order chi connectivity index (χ0) is 10.9. The smallest absolute Gasteiger partial charge is 0.340 e. The van der Waals surface area contributed by atoms with E-state index in [-0.39, 0.29) is 9.13 Å². The van der Waals surface area contributed by atoms with Gasteiger partial charge in [0.15, 0.2) is 5.82 Å². The van der Waals surface area contributed by atoms with Crippen LogP contribution in [-0.2, 0) is 4.74 Å². The van der Waals surface area contributed by atoms with Crippen LogP contribution in [0.15, 0.2) is 6.07 Å². The number of hydrogen-bond acceptors (Lipinski definition) is 3. The van der Waals surface area contributed by atoms with Crippen molar-refractivity contribution in [3.63, 3.8) is 0 Å². The van der Waals surface area contributed by atoms with Gasteiger partial charge < -0.3 is 10.5 Å². The van der Waals surface area contributed by atoms with Crippen molar-refractivity contribution in [3.8, 4) is 0 Å². The Morgan fingerprint density at radius 3 is 2.64 bits per heavy atom. The summed E-state index contributed by atoms with van der Waals surface area (Å²) in [7, 11) is 1.21. The first-order chi connectivity index (χ1) is 6.49. The van der Waals surface area contributed by atoms with Gasteiger partial charge in [0.25, 0.3) is 0 Å². The Kier molecular flexibility index (Phi) is 3.93. The number of methoxy groups -OCH3 is 1. The van der Waals surface area contributed by atoms with E-state index in [0.717, 1.165) is 0 Å². The van der Waals surface area contributed by atoms with Gasteiger partial charge in [-0.25, -0.2) is 9.18 Å².